The van der Waals surface area contributed by atoms with E-state index in [4.69, 9.17) is 4.74 Å². The van der Waals surface area contributed by atoms with E-state index in [2.05, 4.69) is 0 Å². The molecule has 1 aliphatic heterocycles. The standard InChI is InChI=1S/C24H21NO5/c26-19(14-5-2-1-3-6-14)13-30-24(29)17-7-4-8-18(12-17)25-22(27)20-15-9-10-16(11-15)21(20)23(25)28/h1-8,12,15-16,20-21H,9-11,13H2/t15-,16+,20-,21-/m0/s1. The van der Waals surface area contributed by atoms with E-state index in [1.165, 1.54) is 11.0 Å². The number of carbonyl (C=O) groups excluding carboxylic acids is 4. The lowest BCUT2D eigenvalue weighted by molar-refractivity contribution is -0.123. The number of benzene rings is 2. The number of hydrogen-bond donors (Lipinski definition) is 0. The number of rotatable bonds is 5. The van der Waals surface area contributed by atoms with Crippen LogP contribution >= 0.6 is 0 Å². The fraction of sp³-hybridized carbons (Fsp3) is 0.333. The normalized spacial score (nSPS) is 26.7. The first-order valence-electron chi connectivity index (χ1n) is 10.3. The zero-order valence-electron chi connectivity index (χ0n) is 16.3. The number of Topliss-reactive ketones (excluding diaryl/α,β-unsaturated/α-hetero) is 1. The molecule has 0 spiro atoms. The van der Waals surface area contributed by atoms with Gasteiger partial charge in [0.2, 0.25) is 11.8 Å². The van der Waals surface area contributed by atoms with Gasteiger partial charge < -0.3 is 4.74 Å². The first-order chi connectivity index (χ1) is 14.5. The van der Waals surface area contributed by atoms with Crippen LogP contribution in [0.25, 0.3) is 0 Å². The minimum atomic E-state index is -0.666. The van der Waals surface area contributed by atoms with Gasteiger partial charge in [0.15, 0.2) is 12.4 Å². The lowest BCUT2D eigenvalue weighted by atomic mass is 9.81. The van der Waals surface area contributed by atoms with Gasteiger partial charge in [-0.25, -0.2) is 4.79 Å². The highest BCUT2D eigenvalue weighted by molar-refractivity contribution is 6.22. The van der Waals surface area contributed by atoms with Crippen LogP contribution in [0, 0.1) is 23.7 Å². The average Bonchev–Trinajstić information content (AvgIpc) is 3.46. The Hall–Kier alpha value is -3.28. The largest absolute Gasteiger partial charge is 0.454 e. The number of ketones is 1. The van der Waals surface area contributed by atoms with Crippen molar-refractivity contribution in [3.8, 4) is 0 Å². The van der Waals surface area contributed by atoms with Crippen LogP contribution in [-0.4, -0.2) is 30.2 Å². The lowest BCUT2D eigenvalue weighted by Crippen LogP contribution is -2.32. The molecule has 2 amide bonds. The molecule has 4 atom stereocenters. The minimum absolute atomic E-state index is 0.151. The first-order valence-corrected chi connectivity index (χ1v) is 10.3. The van der Waals surface area contributed by atoms with Gasteiger partial charge in [0.1, 0.15) is 0 Å². The molecule has 6 heteroatoms. The number of nitrogens with zero attached hydrogens (tertiary/aromatic N) is 1. The molecule has 0 radical (unpaired) electrons. The highest BCUT2D eigenvalue weighted by atomic mass is 16.5. The Labute approximate surface area is 173 Å². The highest BCUT2D eigenvalue weighted by Crippen LogP contribution is 2.56. The molecular weight excluding hydrogens is 382 g/mol. The van der Waals surface area contributed by atoms with Crippen LogP contribution in [0.3, 0.4) is 0 Å². The Bertz CT molecular complexity index is 1020. The molecule has 6 nitrogen and oxygen atoms in total. The Morgan fingerprint density at radius 1 is 0.867 bits per heavy atom. The zero-order chi connectivity index (χ0) is 20.8. The monoisotopic (exact) mass is 403 g/mol. The Morgan fingerprint density at radius 3 is 2.17 bits per heavy atom. The molecule has 5 rings (SSSR count). The summed E-state index contributed by atoms with van der Waals surface area (Å²) in [6.45, 7) is -0.373. The fourth-order valence-corrected chi connectivity index (χ4v) is 5.36. The van der Waals surface area contributed by atoms with Crippen LogP contribution in [-0.2, 0) is 14.3 Å². The molecule has 2 aromatic rings. The van der Waals surface area contributed by atoms with Gasteiger partial charge in [-0.2, -0.15) is 0 Å². The van der Waals surface area contributed by atoms with Crippen molar-refractivity contribution in [3.63, 3.8) is 0 Å². The van der Waals surface area contributed by atoms with E-state index in [1.54, 1.807) is 48.5 Å². The number of hydrogen-bond acceptors (Lipinski definition) is 5. The van der Waals surface area contributed by atoms with Crippen molar-refractivity contribution in [2.24, 2.45) is 23.7 Å². The van der Waals surface area contributed by atoms with E-state index >= 15 is 0 Å². The highest BCUT2D eigenvalue weighted by Gasteiger charge is 2.61. The van der Waals surface area contributed by atoms with Crippen LogP contribution in [0.1, 0.15) is 40.0 Å². The molecule has 3 fully saturated rings. The predicted molar refractivity (Wildman–Crippen MR) is 108 cm³/mol. The quantitative estimate of drug-likeness (QED) is 0.435. The van der Waals surface area contributed by atoms with E-state index in [0.29, 0.717) is 23.1 Å². The number of amides is 2. The van der Waals surface area contributed by atoms with Gasteiger partial charge in [-0.3, -0.25) is 19.3 Å². The molecule has 0 aromatic heterocycles. The number of imide groups is 1. The second-order valence-electron chi connectivity index (χ2n) is 8.31. The fourth-order valence-electron chi connectivity index (χ4n) is 5.36. The molecule has 2 aliphatic carbocycles. The lowest BCUT2D eigenvalue weighted by Gasteiger charge is -2.19. The average molecular weight is 403 g/mol. The van der Waals surface area contributed by atoms with Crippen LogP contribution in [0.4, 0.5) is 5.69 Å². The predicted octanol–water partition coefficient (Wildman–Crippen LogP) is 3.26. The third-order valence-electron chi connectivity index (χ3n) is 6.70. The topological polar surface area (TPSA) is 80.8 Å². The summed E-state index contributed by atoms with van der Waals surface area (Å²) < 4.78 is 5.16. The molecule has 1 saturated heterocycles. The molecule has 3 aliphatic rings. The van der Waals surface area contributed by atoms with E-state index in [0.717, 1.165) is 19.3 Å². The smallest absolute Gasteiger partial charge is 0.338 e. The summed E-state index contributed by atoms with van der Waals surface area (Å²) in [4.78, 5) is 51.8. The number of anilines is 1. The molecule has 2 aromatic carbocycles. The molecular formula is C24H21NO5. The summed E-state index contributed by atoms with van der Waals surface area (Å²) in [5.74, 6) is -1.08. The molecule has 1 heterocycles. The van der Waals surface area contributed by atoms with Crippen molar-refractivity contribution in [1.82, 2.24) is 0 Å². The maximum absolute atomic E-state index is 13.0. The summed E-state index contributed by atoms with van der Waals surface area (Å²) in [5.41, 5.74) is 1.06. The third-order valence-corrected chi connectivity index (χ3v) is 6.70. The van der Waals surface area contributed by atoms with Crippen molar-refractivity contribution in [3.05, 3.63) is 65.7 Å². The zero-order valence-corrected chi connectivity index (χ0v) is 16.3. The van der Waals surface area contributed by atoms with Gasteiger partial charge in [0, 0.05) is 5.56 Å². The van der Waals surface area contributed by atoms with Crippen LogP contribution < -0.4 is 4.90 Å². The van der Waals surface area contributed by atoms with Crippen molar-refractivity contribution in [2.75, 3.05) is 11.5 Å². The van der Waals surface area contributed by atoms with Crippen molar-refractivity contribution >= 4 is 29.3 Å². The van der Waals surface area contributed by atoms with E-state index in [-0.39, 0.29) is 41.6 Å². The summed E-state index contributed by atoms with van der Waals surface area (Å²) in [6.07, 6.45) is 3.00. The van der Waals surface area contributed by atoms with Crippen LogP contribution in [0.5, 0.6) is 0 Å². The Balaban J connectivity index is 1.31. The van der Waals surface area contributed by atoms with E-state index < -0.39 is 5.97 Å². The maximum Gasteiger partial charge on any atom is 0.338 e. The molecule has 30 heavy (non-hydrogen) atoms. The van der Waals surface area contributed by atoms with Crippen molar-refractivity contribution in [1.29, 1.82) is 0 Å². The van der Waals surface area contributed by atoms with Crippen molar-refractivity contribution < 1.29 is 23.9 Å². The molecule has 152 valence electrons. The van der Waals surface area contributed by atoms with E-state index in [9.17, 15) is 19.2 Å². The SMILES string of the molecule is O=C(COC(=O)c1cccc(N2C(=O)[C@H]3[C@@H]4CC[C@@H](C4)[C@@H]3C2=O)c1)c1ccccc1. The van der Waals surface area contributed by atoms with Crippen LogP contribution in [0.15, 0.2) is 54.6 Å². The Morgan fingerprint density at radius 2 is 1.50 bits per heavy atom. The molecule has 0 unspecified atom stereocenters. The first kappa shape index (κ1) is 18.7. The molecule has 2 bridgehead atoms. The van der Waals surface area contributed by atoms with E-state index in [1.807, 2.05) is 0 Å². The molecule has 0 N–H and O–H groups in total. The summed E-state index contributed by atoms with van der Waals surface area (Å²) in [7, 11) is 0. The second-order valence-corrected chi connectivity index (χ2v) is 8.31. The summed E-state index contributed by atoms with van der Waals surface area (Å²) in [5, 5.41) is 0. The molecule has 2 saturated carbocycles. The van der Waals surface area contributed by atoms with Gasteiger partial charge in [0.05, 0.1) is 23.1 Å². The number of ether oxygens (including phenoxy) is 1. The summed E-state index contributed by atoms with van der Waals surface area (Å²) >= 11 is 0. The minimum Gasteiger partial charge on any atom is -0.454 e. The Kier molecular flexibility index (Phi) is 4.50. The summed E-state index contributed by atoms with van der Waals surface area (Å²) in [6, 6.07) is 14.9. The van der Waals surface area contributed by atoms with Crippen molar-refractivity contribution in [2.45, 2.75) is 19.3 Å². The van der Waals surface area contributed by atoms with Crippen LogP contribution in [0.2, 0.25) is 0 Å². The van der Waals surface area contributed by atoms with Gasteiger partial charge in [-0.05, 0) is 49.3 Å². The van der Waals surface area contributed by atoms with Gasteiger partial charge in [-0.15, -0.1) is 0 Å². The number of esters is 1. The maximum atomic E-state index is 13.0. The number of carbonyl (C=O) groups is 4. The third kappa shape index (κ3) is 2.95. The number of fused-ring (bicyclic) bond motifs is 5. The van der Waals surface area contributed by atoms with Gasteiger partial charge in [-0.1, -0.05) is 36.4 Å². The van der Waals surface area contributed by atoms with Gasteiger partial charge >= 0.3 is 5.97 Å². The van der Waals surface area contributed by atoms with Gasteiger partial charge in [0.25, 0.3) is 0 Å². The second kappa shape index (κ2) is 7.20.